The SMILES string of the molecule is CC(C)Cn1ncc(NC(C)(C)CC(N)=O)c(Br)c1=O. The lowest BCUT2D eigenvalue weighted by Gasteiger charge is -2.26. The van der Waals surface area contributed by atoms with Crippen LogP contribution in [0.15, 0.2) is 15.5 Å². The molecule has 0 radical (unpaired) electrons. The second-order valence-electron chi connectivity index (χ2n) is 5.91. The number of nitrogens with two attached hydrogens (primary N) is 1. The van der Waals surface area contributed by atoms with Crippen molar-refractivity contribution in [2.45, 2.75) is 46.2 Å². The molecule has 1 amide bonds. The fourth-order valence-corrected chi connectivity index (χ4v) is 2.28. The second kappa shape index (κ2) is 6.39. The highest BCUT2D eigenvalue weighted by atomic mass is 79.9. The molecule has 6 nitrogen and oxygen atoms in total. The molecule has 0 saturated heterocycles. The maximum absolute atomic E-state index is 12.2. The summed E-state index contributed by atoms with van der Waals surface area (Å²) in [5.74, 6) is -0.0723. The minimum atomic E-state index is -0.549. The number of hydrogen-bond donors (Lipinski definition) is 2. The van der Waals surface area contributed by atoms with Gasteiger partial charge in [-0.1, -0.05) is 13.8 Å². The predicted molar refractivity (Wildman–Crippen MR) is 82.5 cm³/mol. The summed E-state index contributed by atoms with van der Waals surface area (Å²) < 4.78 is 1.83. The average molecular weight is 345 g/mol. The third-order valence-corrected chi connectivity index (χ3v) is 3.38. The van der Waals surface area contributed by atoms with Crippen LogP contribution in [0.5, 0.6) is 0 Å². The molecule has 1 heterocycles. The van der Waals surface area contributed by atoms with E-state index < -0.39 is 11.4 Å². The predicted octanol–water partition coefficient (Wildman–Crippen LogP) is 1.73. The average Bonchev–Trinajstić information content (AvgIpc) is 2.26. The number of amides is 1. The molecule has 0 aromatic carbocycles. The quantitative estimate of drug-likeness (QED) is 0.822. The molecule has 1 rings (SSSR count). The van der Waals surface area contributed by atoms with Crippen LogP contribution in [0, 0.1) is 5.92 Å². The van der Waals surface area contributed by atoms with E-state index in [-0.39, 0.29) is 12.0 Å². The van der Waals surface area contributed by atoms with Crippen LogP contribution in [-0.2, 0) is 11.3 Å². The lowest BCUT2D eigenvalue weighted by Crippen LogP contribution is -2.37. The first kappa shape index (κ1) is 16.7. The summed E-state index contributed by atoms with van der Waals surface area (Å²) in [6, 6.07) is 0. The Morgan fingerprint density at radius 2 is 2.15 bits per heavy atom. The molecule has 0 spiro atoms. The van der Waals surface area contributed by atoms with E-state index in [4.69, 9.17) is 5.73 Å². The van der Waals surface area contributed by atoms with Gasteiger partial charge in [-0.3, -0.25) is 9.59 Å². The molecule has 1 aromatic heterocycles. The number of halogens is 1. The molecular formula is C13H21BrN4O2. The van der Waals surface area contributed by atoms with Gasteiger partial charge in [0.2, 0.25) is 5.91 Å². The fourth-order valence-electron chi connectivity index (χ4n) is 1.87. The molecule has 0 aliphatic heterocycles. The van der Waals surface area contributed by atoms with E-state index in [1.807, 2.05) is 27.7 Å². The van der Waals surface area contributed by atoms with Crippen LogP contribution in [0.25, 0.3) is 0 Å². The molecule has 0 unspecified atom stereocenters. The van der Waals surface area contributed by atoms with Crippen molar-refractivity contribution in [2.75, 3.05) is 5.32 Å². The normalized spacial score (nSPS) is 11.7. The molecule has 0 saturated carbocycles. The van der Waals surface area contributed by atoms with Gasteiger partial charge in [0.25, 0.3) is 5.56 Å². The van der Waals surface area contributed by atoms with Crippen LogP contribution in [0.1, 0.15) is 34.1 Å². The van der Waals surface area contributed by atoms with Crippen molar-refractivity contribution in [3.8, 4) is 0 Å². The van der Waals surface area contributed by atoms with Crippen LogP contribution in [0.4, 0.5) is 5.69 Å². The van der Waals surface area contributed by atoms with Gasteiger partial charge in [-0.25, -0.2) is 4.68 Å². The van der Waals surface area contributed by atoms with Gasteiger partial charge < -0.3 is 11.1 Å². The van der Waals surface area contributed by atoms with Crippen molar-refractivity contribution in [1.82, 2.24) is 9.78 Å². The van der Waals surface area contributed by atoms with Crippen molar-refractivity contribution in [1.29, 1.82) is 0 Å². The van der Waals surface area contributed by atoms with Gasteiger partial charge in [-0.05, 0) is 35.7 Å². The summed E-state index contributed by atoms with van der Waals surface area (Å²) >= 11 is 3.29. The number of anilines is 1. The molecule has 1 aromatic rings. The summed E-state index contributed by atoms with van der Waals surface area (Å²) in [5.41, 5.74) is 5.02. The molecule has 7 heteroatoms. The Bertz CT molecular complexity index is 552. The van der Waals surface area contributed by atoms with Crippen molar-refractivity contribution in [3.63, 3.8) is 0 Å². The topological polar surface area (TPSA) is 90.0 Å². The summed E-state index contributed by atoms with van der Waals surface area (Å²) in [7, 11) is 0. The summed E-state index contributed by atoms with van der Waals surface area (Å²) in [6.45, 7) is 8.27. The number of rotatable bonds is 6. The maximum atomic E-state index is 12.2. The van der Waals surface area contributed by atoms with Crippen molar-refractivity contribution < 1.29 is 4.79 Å². The zero-order chi connectivity index (χ0) is 15.5. The Kier molecular flexibility index (Phi) is 5.33. The highest BCUT2D eigenvalue weighted by molar-refractivity contribution is 9.10. The molecule has 0 aliphatic carbocycles. The summed E-state index contributed by atoms with van der Waals surface area (Å²) in [4.78, 5) is 23.2. The molecule has 3 N–H and O–H groups in total. The zero-order valence-electron chi connectivity index (χ0n) is 12.2. The Labute approximate surface area is 126 Å². The number of aromatic nitrogens is 2. The van der Waals surface area contributed by atoms with Crippen LogP contribution in [-0.4, -0.2) is 21.2 Å². The van der Waals surface area contributed by atoms with Crippen molar-refractivity contribution in [2.24, 2.45) is 11.7 Å². The second-order valence-corrected chi connectivity index (χ2v) is 6.70. The number of primary amides is 1. The Morgan fingerprint density at radius 3 is 2.65 bits per heavy atom. The van der Waals surface area contributed by atoms with E-state index in [2.05, 4.69) is 26.3 Å². The summed E-state index contributed by atoms with van der Waals surface area (Å²) in [5, 5.41) is 7.25. The van der Waals surface area contributed by atoms with Gasteiger partial charge in [0.15, 0.2) is 0 Å². The summed E-state index contributed by atoms with van der Waals surface area (Å²) in [6.07, 6.45) is 1.74. The largest absolute Gasteiger partial charge is 0.377 e. The van der Waals surface area contributed by atoms with Gasteiger partial charge in [-0.2, -0.15) is 5.10 Å². The standard InChI is InChI=1S/C13H21BrN4O2/c1-8(2)7-18-12(20)11(14)9(6-16-18)17-13(3,4)5-10(15)19/h6,8,17H,5,7H2,1-4H3,(H2,15,19). The van der Waals surface area contributed by atoms with Gasteiger partial charge in [0.1, 0.15) is 4.47 Å². The first-order valence-corrected chi connectivity index (χ1v) is 7.24. The van der Waals surface area contributed by atoms with E-state index in [0.717, 1.165) is 0 Å². The Balaban J connectivity index is 3.01. The van der Waals surface area contributed by atoms with Crippen LogP contribution >= 0.6 is 15.9 Å². The van der Waals surface area contributed by atoms with E-state index in [9.17, 15) is 9.59 Å². The minimum absolute atomic E-state index is 0.161. The van der Waals surface area contributed by atoms with Crippen LogP contribution in [0.2, 0.25) is 0 Å². The van der Waals surface area contributed by atoms with Gasteiger partial charge >= 0.3 is 0 Å². The highest BCUT2D eigenvalue weighted by Gasteiger charge is 2.22. The zero-order valence-corrected chi connectivity index (χ0v) is 13.8. The monoisotopic (exact) mass is 344 g/mol. The van der Waals surface area contributed by atoms with Gasteiger partial charge in [0.05, 0.1) is 11.9 Å². The minimum Gasteiger partial charge on any atom is -0.377 e. The first-order valence-electron chi connectivity index (χ1n) is 6.44. The fraction of sp³-hybridized carbons (Fsp3) is 0.615. The highest BCUT2D eigenvalue weighted by Crippen LogP contribution is 2.22. The molecule has 0 fully saturated rings. The number of carbonyl (C=O) groups excluding carboxylic acids is 1. The first-order chi connectivity index (χ1) is 9.12. The van der Waals surface area contributed by atoms with Gasteiger partial charge in [0, 0.05) is 18.5 Å². The lowest BCUT2D eigenvalue weighted by molar-refractivity contribution is -0.118. The van der Waals surface area contributed by atoms with Gasteiger partial charge in [-0.15, -0.1) is 0 Å². The Morgan fingerprint density at radius 1 is 1.55 bits per heavy atom. The van der Waals surface area contributed by atoms with Crippen molar-refractivity contribution in [3.05, 3.63) is 21.0 Å². The number of hydrogen-bond acceptors (Lipinski definition) is 4. The third-order valence-electron chi connectivity index (χ3n) is 2.61. The Hall–Kier alpha value is -1.37. The molecule has 0 atom stereocenters. The van der Waals surface area contributed by atoms with E-state index in [1.54, 1.807) is 6.20 Å². The number of nitrogens with one attached hydrogen (secondary N) is 1. The number of carbonyl (C=O) groups is 1. The van der Waals surface area contributed by atoms with Crippen LogP contribution < -0.4 is 16.6 Å². The van der Waals surface area contributed by atoms with E-state index in [1.165, 1.54) is 4.68 Å². The maximum Gasteiger partial charge on any atom is 0.283 e. The van der Waals surface area contributed by atoms with E-state index in [0.29, 0.717) is 22.6 Å². The van der Waals surface area contributed by atoms with Crippen molar-refractivity contribution >= 4 is 27.5 Å². The van der Waals surface area contributed by atoms with E-state index >= 15 is 0 Å². The molecule has 112 valence electrons. The van der Waals surface area contributed by atoms with Crippen LogP contribution in [0.3, 0.4) is 0 Å². The molecule has 0 bridgehead atoms. The molecular weight excluding hydrogens is 324 g/mol. The molecule has 0 aliphatic rings. The molecule has 20 heavy (non-hydrogen) atoms. The smallest absolute Gasteiger partial charge is 0.283 e. The third kappa shape index (κ3) is 4.63. The lowest BCUT2D eigenvalue weighted by atomic mass is 10.00. The number of nitrogens with zero attached hydrogens (tertiary/aromatic N) is 2.